The van der Waals surface area contributed by atoms with Crippen molar-refractivity contribution in [3.05, 3.63) is 53.1 Å². The molecule has 1 unspecified atom stereocenters. The molecular weight excluding hydrogens is 222 g/mol. The maximum Gasteiger partial charge on any atom is 0.128 e. The lowest BCUT2D eigenvalue weighted by molar-refractivity contribution is 0.632. The largest absolute Gasteiger partial charge is 0.344 e. The van der Waals surface area contributed by atoms with E-state index in [1.165, 1.54) is 17.8 Å². The minimum absolute atomic E-state index is 0.144. The van der Waals surface area contributed by atoms with E-state index in [4.69, 9.17) is 10.7 Å². The van der Waals surface area contributed by atoms with Crippen LogP contribution in [-0.2, 0) is 6.42 Å². The van der Waals surface area contributed by atoms with E-state index in [1.54, 1.807) is 0 Å². The zero-order valence-corrected chi connectivity index (χ0v) is 10.7. The molecule has 0 radical (unpaired) electrons. The molecule has 3 nitrogen and oxygen atoms in total. The molecule has 1 aliphatic carbocycles. The number of hydrogen-bond donors (Lipinski definition) is 2. The van der Waals surface area contributed by atoms with Gasteiger partial charge in [-0.25, -0.2) is 4.98 Å². The van der Waals surface area contributed by atoms with Crippen molar-refractivity contribution in [1.82, 2.24) is 9.97 Å². The Kier molecular flexibility index (Phi) is 2.92. The predicted molar refractivity (Wildman–Crippen MR) is 72.4 cm³/mol. The number of aromatic amines is 1. The molecule has 2 aromatic rings. The average Bonchev–Trinajstić information content (AvgIpc) is 2.98. The van der Waals surface area contributed by atoms with Crippen LogP contribution in [0.2, 0.25) is 0 Å². The number of fused-ring (bicyclic) bond motifs is 1. The zero-order chi connectivity index (χ0) is 12.5. The third-order valence-electron chi connectivity index (χ3n) is 3.90. The highest BCUT2D eigenvalue weighted by atomic mass is 15.0. The van der Waals surface area contributed by atoms with Gasteiger partial charge in [0.15, 0.2) is 0 Å². The van der Waals surface area contributed by atoms with Gasteiger partial charge < -0.3 is 10.7 Å². The molecule has 94 valence electrons. The molecule has 0 bridgehead atoms. The van der Waals surface area contributed by atoms with Gasteiger partial charge in [0, 0.05) is 11.6 Å². The summed E-state index contributed by atoms with van der Waals surface area (Å²) in [6, 6.07) is 9.99. The molecule has 0 spiro atoms. The highest BCUT2D eigenvalue weighted by molar-refractivity contribution is 5.30. The standard InChI is InChI=1S/C15H19N3/c1-2-10-8-9-12-14(10)18-15(17-12)13(16)11-6-4-3-5-7-11/h3-7,10,13H,2,8-9,16H2,1H3,(H,17,18)/t10?,13-/m0/s1. The van der Waals surface area contributed by atoms with E-state index in [0.717, 1.165) is 24.2 Å². The van der Waals surface area contributed by atoms with Crippen molar-refractivity contribution in [2.45, 2.75) is 38.1 Å². The lowest BCUT2D eigenvalue weighted by Crippen LogP contribution is -2.14. The average molecular weight is 241 g/mol. The molecule has 0 saturated heterocycles. The number of nitrogens with zero attached hydrogens (tertiary/aromatic N) is 1. The molecule has 2 atom stereocenters. The SMILES string of the molecule is CCC1CCc2[nH]c([C@@H](N)c3ccccc3)nc21. The van der Waals surface area contributed by atoms with Gasteiger partial charge in [0.2, 0.25) is 0 Å². The van der Waals surface area contributed by atoms with Gasteiger partial charge in [-0.2, -0.15) is 0 Å². The summed E-state index contributed by atoms with van der Waals surface area (Å²) in [4.78, 5) is 8.16. The first kappa shape index (κ1) is 11.5. The fraction of sp³-hybridized carbons (Fsp3) is 0.400. The quantitative estimate of drug-likeness (QED) is 0.868. The third-order valence-corrected chi connectivity index (χ3v) is 3.90. The molecule has 0 aliphatic heterocycles. The molecule has 18 heavy (non-hydrogen) atoms. The minimum Gasteiger partial charge on any atom is -0.344 e. The number of hydrogen-bond acceptors (Lipinski definition) is 2. The fourth-order valence-electron chi connectivity index (χ4n) is 2.79. The van der Waals surface area contributed by atoms with Gasteiger partial charge in [-0.05, 0) is 24.8 Å². The Labute approximate surface area is 107 Å². The van der Waals surface area contributed by atoms with Crippen LogP contribution in [0.25, 0.3) is 0 Å². The molecule has 1 aliphatic rings. The summed E-state index contributed by atoms with van der Waals surface area (Å²) in [5.74, 6) is 1.53. The van der Waals surface area contributed by atoms with Gasteiger partial charge in [0.25, 0.3) is 0 Å². The number of aryl methyl sites for hydroxylation is 1. The zero-order valence-electron chi connectivity index (χ0n) is 10.7. The van der Waals surface area contributed by atoms with Gasteiger partial charge >= 0.3 is 0 Å². The van der Waals surface area contributed by atoms with Crippen molar-refractivity contribution in [3.8, 4) is 0 Å². The van der Waals surface area contributed by atoms with Crippen LogP contribution in [-0.4, -0.2) is 9.97 Å². The number of nitrogens with one attached hydrogen (secondary N) is 1. The van der Waals surface area contributed by atoms with Crippen LogP contribution in [0.3, 0.4) is 0 Å². The van der Waals surface area contributed by atoms with Crippen molar-refractivity contribution in [1.29, 1.82) is 0 Å². The van der Waals surface area contributed by atoms with Crippen molar-refractivity contribution >= 4 is 0 Å². The summed E-state index contributed by atoms with van der Waals surface area (Å²) in [6.45, 7) is 2.23. The second-order valence-electron chi connectivity index (χ2n) is 5.02. The summed E-state index contributed by atoms with van der Waals surface area (Å²) >= 11 is 0. The molecule has 0 fully saturated rings. The Bertz CT molecular complexity index is 530. The van der Waals surface area contributed by atoms with Crippen LogP contribution in [0.5, 0.6) is 0 Å². The van der Waals surface area contributed by atoms with E-state index in [0.29, 0.717) is 5.92 Å². The van der Waals surface area contributed by atoms with Crippen molar-refractivity contribution < 1.29 is 0 Å². The number of imidazole rings is 1. The third kappa shape index (κ3) is 1.85. The topological polar surface area (TPSA) is 54.7 Å². The maximum atomic E-state index is 6.27. The van der Waals surface area contributed by atoms with Crippen LogP contribution in [0, 0.1) is 0 Å². The molecule has 3 N–H and O–H groups in total. The van der Waals surface area contributed by atoms with Crippen LogP contribution in [0.1, 0.15) is 54.5 Å². The summed E-state index contributed by atoms with van der Waals surface area (Å²) < 4.78 is 0. The highest BCUT2D eigenvalue weighted by Crippen LogP contribution is 2.34. The predicted octanol–water partition coefficient (Wildman–Crippen LogP) is 2.90. The Balaban J connectivity index is 1.90. The van der Waals surface area contributed by atoms with Crippen LogP contribution < -0.4 is 5.73 Å². The van der Waals surface area contributed by atoms with E-state index in [9.17, 15) is 0 Å². The van der Waals surface area contributed by atoms with Gasteiger partial charge in [0.1, 0.15) is 5.82 Å². The van der Waals surface area contributed by atoms with E-state index in [2.05, 4.69) is 24.0 Å². The van der Waals surface area contributed by atoms with Crippen molar-refractivity contribution in [2.24, 2.45) is 5.73 Å². The molecule has 1 aromatic carbocycles. The molecular formula is C15H19N3. The van der Waals surface area contributed by atoms with E-state index in [-0.39, 0.29) is 6.04 Å². The normalized spacial score (nSPS) is 19.8. The second kappa shape index (κ2) is 4.58. The minimum atomic E-state index is -0.144. The van der Waals surface area contributed by atoms with Crippen molar-refractivity contribution in [3.63, 3.8) is 0 Å². The fourth-order valence-corrected chi connectivity index (χ4v) is 2.79. The smallest absolute Gasteiger partial charge is 0.128 e. The number of H-pyrrole nitrogens is 1. The second-order valence-corrected chi connectivity index (χ2v) is 5.02. The monoisotopic (exact) mass is 241 g/mol. The molecule has 0 amide bonds. The van der Waals surface area contributed by atoms with Gasteiger partial charge in [-0.15, -0.1) is 0 Å². The van der Waals surface area contributed by atoms with Crippen LogP contribution in [0.4, 0.5) is 0 Å². The Hall–Kier alpha value is -1.61. The van der Waals surface area contributed by atoms with E-state index >= 15 is 0 Å². The molecule has 3 rings (SSSR count). The summed E-state index contributed by atoms with van der Waals surface area (Å²) in [5, 5.41) is 0. The number of nitrogens with two attached hydrogens (primary N) is 1. The van der Waals surface area contributed by atoms with Gasteiger partial charge in [0.05, 0.1) is 11.7 Å². The first-order valence-corrected chi connectivity index (χ1v) is 6.68. The number of rotatable bonds is 3. The van der Waals surface area contributed by atoms with Crippen LogP contribution >= 0.6 is 0 Å². The van der Waals surface area contributed by atoms with E-state index in [1.807, 2.05) is 18.2 Å². The molecule has 3 heteroatoms. The summed E-state index contributed by atoms with van der Waals surface area (Å²) in [5.41, 5.74) is 9.92. The number of benzene rings is 1. The lowest BCUT2D eigenvalue weighted by Gasteiger charge is -2.10. The van der Waals surface area contributed by atoms with Gasteiger partial charge in [-0.3, -0.25) is 0 Å². The Morgan fingerprint density at radius 2 is 2.17 bits per heavy atom. The summed E-state index contributed by atoms with van der Waals surface area (Å²) in [7, 11) is 0. The molecule has 1 heterocycles. The Morgan fingerprint density at radius 3 is 2.89 bits per heavy atom. The molecule has 1 aromatic heterocycles. The summed E-state index contributed by atoms with van der Waals surface area (Å²) in [6.07, 6.45) is 3.51. The van der Waals surface area contributed by atoms with Crippen molar-refractivity contribution in [2.75, 3.05) is 0 Å². The maximum absolute atomic E-state index is 6.27. The molecule has 0 saturated carbocycles. The Morgan fingerprint density at radius 1 is 1.39 bits per heavy atom. The highest BCUT2D eigenvalue weighted by Gasteiger charge is 2.26. The number of aromatic nitrogens is 2. The first-order valence-electron chi connectivity index (χ1n) is 6.68. The first-order chi connectivity index (χ1) is 8.79. The van der Waals surface area contributed by atoms with Gasteiger partial charge in [-0.1, -0.05) is 37.3 Å². The van der Waals surface area contributed by atoms with E-state index < -0.39 is 0 Å². The lowest BCUT2D eigenvalue weighted by atomic mass is 10.0. The van der Waals surface area contributed by atoms with Crippen LogP contribution in [0.15, 0.2) is 30.3 Å².